The van der Waals surface area contributed by atoms with Crippen molar-refractivity contribution in [3.8, 4) is 5.75 Å². The summed E-state index contributed by atoms with van der Waals surface area (Å²) >= 11 is 0. The first-order valence-corrected chi connectivity index (χ1v) is 7.73. The van der Waals surface area contributed by atoms with E-state index in [1.165, 1.54) is 36.9 Å². The zero-order chi connectivity index (χ0) is 17.7. The number of nitrogens with one attached hydrogen (secondary N) is 1. The molecule has 3 nitrogen and oxygen atoms in total. The number of rotatable bonds is 4. The normalized spacial score (nSPS) is 11.5. The Morgan fingerprint density at radius 3 is 2.38 bits per heavy atom. The molecule has 0 saturated carbocycles. The van der Waals surface area contributed by atoms with Crippen LogP contribution in [0.3, 0.4) is 0 Å². The number of methoxy groups -OCH3 is 1. The van der Waals surface area contributed by atoms with E-state index in [2.05, 4.69) is 38.2 Å². The predicted molar refractivity (Wildman–Crippen MR) is 95.8 cm³/mol. The molecule has 0 atom stereocenters. The van der Waals surface area contributed by atoms with Gasteiger partial charge >= 0.3 is 0 Å². The molecule has 2 rings (SSSR count). The number of anilines is 1. The fourth-order valence-electron chi connectivity index (χ4n) is 2.19. The Balaban J connectivity index is 2.03. The highest BCUT2D eigenvalue weighted by Crippen LogP contribution is 2.23. The lowest BCUT2D eigenvalue weighted by molar-refractivity contribution is -0.111. The van der Waals surface area contributed by atoms with Gasteiger partial charge < -0.3 is 10.1 Å². The molecule has 24 heavy (non-hydrogen) atoms. The summed E-state index contributed by atoms with van der Waals surface area (Å²) in [5, 5.41) is 2.68. The summed E-state index contributed by atoms with van der Waals surface area (Å²) in [4.78, 5) is 12.0. The quantitative estimate of drug-likeness (QED) is 0.820. The minimum absolute atomic E-state index is 0.0922. The van der Waals surface area contributed by atoms with E-state index in [0.717, 1.165) is 5.56 Å². The maximum Gasteiger partial charge on any atom is 0.248 e. The summed E-state index contributed by atoms with van der Waals surface area (Å²) in [6.45, 7) is 6.47. The standard InChI is InChI=1S/C20H22FNO2/c1-20(2,3)15-8-5-14(6-9-15)7-12-19(23)22-16-10-11-17(21)18(13-16)24-4/h5-13H,1-4H3,(H,22,23)/b12-7+. The van der Waals surface area contributed by atoms with Crippen LogP contribution in [0.15, 0.2) is 48.5 Å². The zero-order valence-corrected chi connectivity index (χ0v) is 14.4. The monoisotopic (exact) mass is 327 g/mol. The Bertz CT molecular complexity index is 743. The number of carbonyl (C=O) groups excluding carboxylic acids is 1. The largest absolute Gasteiger partial charge is 0.494 e. The van der Waals surface area contributed by atoms with Crippen molar-refractivity contribution in [3.05, 3.63) is 65.5 Å². The molecule has 0 spiro atoms. The minimum Gasteiger partial charge on any atom is -0.494 e. The average Bonchev–Trinajstić information content (AvgIpc) is 2.54. The summed E-state index contributed by atoms with van der Waals surface area (Å²) in [6.07, 6.45) is 3.18. The summed E-state index contributed by atoms with van der Waals surface area (Å²) < 4.78 is 18.2. The molecule has 0 radical (unpaired) electrons. The molecular formula is C20H22FNO2. The van der Waals surface area contributed by atoms with Crippen LogP contribution in [-0.4, -0.2) is 13.0 Å². The number of ether oxygens (including phenoxy) is 1. The maximum atomic E-state index is 13.3. The number of carbonyl (C=O) groups is 1. The Morgan fingerprint density at radius 1 is 1.12 bits per heavy atom. The molecular weight excluding hydrogens is 305 g/mol. The van der Waals surface area contributed by atoms with Gasteiger partial charge in [0.1, 0.15) is 0 Å². The highest BCUT2D eigenvalue weighted by atomic mass is 19.1. The van der Waals surface area contributed by atoms with Gasteiger partial charge in [-0.2, -0.15) is 0 Å². The Morgan fingerprint density at radius 2 is 1.79 bits per heavy atom. The van der Waals surface area contributed by atoms with Gasteiger partial charge in [-0.05, 0) is 34.8 Å². The van der Waals surface area contributed by atoms with Crippen molar-refractivity contribution in [2.45, 2.75) is 26.2 Å². The Hall–Kier alpha value is -2.62. The maximum absolute atomic E-state index is 13.3. The van der Waals surface area contributed by atoms with E-state index in [-0.39, 0.29) is 17.1 Å². The molecule has 2 aromatic carbocycles. The van der Waals surface area contributed by atoms with E-state index < -0.39 is 5.82 Å². The van der Waals surface area contributed by atoms with E-state index in [9.17, 15) is 9.18 Å². The van der Waals surface area contributed by atoms with Crippen molar-refractivity contribution in [2.24, 2.45) is 0 Å². The third-order valence-electron chi connectivity index (χ3n) is 3.62. The molecule has 0 fully saturated rings. The molecule has 126 valence electrons. The van der Waals surface area contributed by atoms with Crippen LogP contribution in [-0.2, 0) is 10.2 Å². The molecule has 1 N–H and O–H groups in total. The van der Waals surface area contributed by atoms with Crippen LogP contribution in [0.5, 0.6) is 5.75 Å². The SMILES string of the molecule is COc1cc(NC(=O)/C=C/c2ccc(C(C)(C)C)cc2)ccc1F. The molecule has 0 aliphatic heterocycles. The van der Waals surface area contributed by atoms with E-state index in [1.54, 1.807) is 6.08 Å². The summed E-state index contributed by atoms with van der Waals surface area (Å²) in [5.41, 5.74) is 2.75. The molecule has 0 aromatic heterocycles. The van der Waals surface area contributed by atoms with Crippen LogP contribution in [0.25, 0.3) is 6.08 Å². The lowest BCUT2D eigenvalue weighted by Gasteiger charge is -2.18. The number of hydrogen-bond acceptors (Lipinski definition) is 2. The van der Waals surface area contributed by atoms with Crippen LogP contribution in [0.2, 0.25) is 0 Å². The number of amides is 1. The third-order valence-corrected chi connectivity index (χ3v) is 3.62. The van der Waals surface area contributed by atoms with E-state index in [0.29, 0.717) is 5.69 Å². The van der Waals surface area contributed by atoms with Crippen molar-refractivity contribution < 1.29 is 13.9 Å². The highest BCUT2D eigenvalue weighted by Gasteiger charge is 2.12. The second kappa shape index (κ2) is 7.30. The Kier molecular flexibility index (Phi) is 5.39. The Labute approximate surface area is 142 Å². The average molecular weight is 327 g/mol. The van der Waals surface area contributed by atoms with Crippen LogP contribution in [0.4, 0.5) is 10.1 Å². The summed E-state index contributed by atoms with van der Waals surface area (Å²) in [7, 11) is 1.38. The summed E-state index contributed by atoms with van der Waals surface area (Å²) in [5.74, 6) is -0.664. The van der Waals surface area contributed by atoms with Gasteiger partial charge in [-0.3, -0.25) is 4.79 Å². The second-order valence-electron chi connectivity index (χ2n) is 6.54. The number of halogens is 1. The van der Waals surface area contributed by atoms with Gasteiger partial charge in [0.25, 0.3) is 0 Å². The second-order valence-corrected chi connectivity index (χ2v) is 6.54. The first-order valence-electron chi connectivity index (χ1n) is 7.73. The molecule has 0 unspecified atom stereocenters. The van der Waals surface area contributed by atoms with Crippen LogP contribution in [0, 0.1) is 5.82 Å². The van der Waals surface area contributed by atoms with Crippen LogP contribution >= 0.6 is 0 Å². The smallest absolute Gasteiger partial charge is 0.248 e. The molecule has 0 saturated heterocycles. The number of benzene rings is 2. The van der Waals surface area contributed by atoms with E-state index >= 15 is 0 Å². The van der Waals surface area contributed by atoms with Crippen molar-refractivity contribution in [1.82, 2.24) is 0 Å². The van der Waals surface area contributed by atoms with Gasteiger partial charge in [0.05, 0.1) is 7.11 Å². The minimum atomic E-state index is -0.468. The molecule has 4 heteroatoms. The molecule has 0 aliphatic carbocycles. The van der Waals surface area contributed by atoms with Gasteiger partial charge in [0, 0.05) is 17.8 Å². The topological polar surface area (TPSA) is 38.3 Å². The lowest BCUT2D eigenvalue weighted by atomic mass is 9.87. The predicted octanol–water partition coefficient (Wildman–Crippen LogP) is 4.78. The van der Waals surface area contributed by atoms with Crippen molar-refractivity contribution >= 4 is 17.7 Å². The first-order chi connectivity index (χ1) is 11.3. The van der Waals surface area contributed by atoms with Gasteiger partial charge in [0.2, 0.25) is 5.91 Å². The van der Waals surface area contributed by atoms with Gasteiger partial charge in [-0.1, -0.05) is 45.0 Å². The molecule has 2 aromatic rings. The van der Waals surface area contributed by atoms with Gasteiger partial charge in [0.15, 0.2) is 11.6 Å². The van der Waals surface area contributed by atoms with Crippen molar-refractivity contribution in [1.29, 1.82) is 0 Å². The number of hydrogen-bond donors (Lipinski definition) is 1. The van der Waals surface area contributed by atoms with Crippen LogP contribution in [0.1, 0.15) is 31.9 Å². The zero-order valence-electron chi connectivity index (χ0n) is 14.4. The highest BCUT2D eigenvalue weighted by molar-refractivity contribution is 6.02. The van der Waals surface area contributed by atoms with E-state index in [4.69, 9.17) is 4.74 Å². The van der Waals surface area contributed by atoms with Gasteiger partial charge in [-0.25, -0.2) is 4.39 Å². The van der Waals surface area contributed by atoms with Crippen molar-refractivity contribution in [2.75, 3.05) is 12.4 Å². The van der Waals surface area contributed by atoms with Crippen molar-refractivity contribution in [3.63, 3.8) is 0 Å². The van der Waals surface area contributed by atoms with Crippen LogP contribution < -0.4 is 10.1 Å². The van der Waals surface area contributed by atoms with Gasteiger partial charge in [-0.15, -0.1) is 0 Å². The third kappa shape index (κ3) is 4.69. The fraction of sp³-hybridized carbons (Fsp3) is 0.250. The first kappa shape index (κ1) is 17.7. The summed E-state index contributed by atoms with van der Waals surface area (Å²) in [6, 6.07) is 12.3. The van der Waals surface area contributed by atoms with E-state index in [1.807, 2.05) is 12.1 Å². The molecule has 1 amide bonds. The molecule has 0 heterocycles. The fourth-order valence-corrected chi connectivity index (χ4v) is 2.19. The molecule has 0 aliphatic rings. The lowest BCUT2D eigenvalue weighted by Crippen LogP contribution is -2.10. The molecule has 0 bridgehead atoms.